The van der Waals surface area contributed by atoms with Crippen molar-refractivity contribution < 1.29 is 4.21 Å². The number of hydrogen-bond donors (Lipinski definition) is 0. The second-order valence-electron chi connectivity index (χ2n) is 2.37. The minimum Gasteiger partial charge on any atom is -0.260 e. The molecule has 2 heteroatoms. The van der Waals surface area contributed by atoms with Crippen molar-refractivity contribution >= 4 is 10.8 Å². The van der Waals surface area contributed by atoms with E-state index in [0.717, 1.165) is 17.4 Å². The highest BCUT2D eigenvalue weighted by Crippen LogP contribution is 2.17. The summed E-state index contributed by atoms with van der Waals surface area (Å²) in [7, 11) is -0.453. The van der Waals surface area contributed by atoms with Gasteiger partial charge in [-0.2, -0.15) is 0 Å². The van der Waals surface area contributed by atoms with Gasteiger partial charge in [0.25, 0.3) is 0 Å². The summed E-state index contributed by atoms with van der Waals surface area (Å²) in [5, 5.41) is 0. The van der Waals surface area contributed by atoms with E-state index >= 15 is 0 Å². The third kappa shape index (κ3) is 1.31. The van der Waals surface area contributed by atoms with Gasteiger partial charge in [-0.3, -0.25) is 4.21 Å². The van der Waals surface area contributed by atoms with Gasteiger partial charge in [0.1, 0.15) is 0 Å². The summed E-state index contributed by atoms with van der Waals surface area (Å²) in [6.07, 6.45) is 2.41. The third-order valence-corrected chi connectivity index (χ3v) is 3.29. The maximum Gasteiger partial charge on any atom is 0.0263 e. The average molecular weight is 132 g/mol. The van der Waals surface area contributed by atoms with Gasteiger partial charge >= 0.3 is 0 Å². The van der Waals surface area contributed by atoms with Crippen molar-refractivity contribution in [3.63, 3.8) is 0 Å². The molecule has 1 rings (SSSR count). The lowest BCUT2D eigenvalue weighted by molar-refractivity contribution is 0.577. The molecule has 0 saturated carbocycles. The van der Waals surface area contributed by atoms with Crippen molar-refractivity contribution in [1.82, 2.24) is 0 Å². The molecule has 0 amide bonds. The molecule has 0 spiro atoms. The quantitative estimate of drug-likeness (QED) is 0.523. The predicted molar refractivity (Wildman–Crippen MR) is 36.3 cm³/mol. The van der Waals surface area contributed by atoms with Crippen LogP contribution in [-0.2, 0) is 10.8 Å². The van der Waals surface area contributed by atoms with Crippen LogP contribution in [0.4, 0.5) is 0 Å². The second-order valence-corrected chi connectivity index (χ2v) is 3.99. The molecule has 8 heavy (non-hydrogen) atoms. The van der Waals surface area contributed by atoms with Gasteiger partial charge in [0.05, 0.1) is 0 Å². The Morgan fingerprint density at radius 3 is 2.75 bits per heavy atom. The van der Waals surface area contributed by atoms with Gasteiger partial charge in [-0.15, -0.1) is 0 Å². The Balaban J connectivity index is 2.32. The Kier molecular flexibility index (Phi) is 2.06. The van der Waals surface area contributed by atoms with Gasteiger partial charge in [0.2, 0.25) is 0 Å². The molecule has 1 heterocycles. The zero-order valence-electron chi connectivity index (χ0n) is 5.22. The van der Waals surface area contributed by atoms with Crippen molar-refractivity contribution in [2.75, 3.05) is 11.5 Å². The van der Waals surface area contributed by atoms with Gasteiger partial charge in [0, 0.05) is 22.3 Å². The summed E-state index contributed by atoms with van der Waals surface area (Å²) in [5.41, 5.74) is 0. The van der Waals surface area contributed by atoms with Crippen LogP contribution < -0.4 is 0 Å². The van der Waals surface area contributed by atoms with E-state index < -0.39 is 10.8 Å². The molecule has 2 atom stereocenters. The maximum atomic E-state index is 10.7. The van der Waals surface area contributed by atoms with Crippen molar-refractivity contribution in [3.05, 3.63) is 0 Å². The Morgan fingerprint density at radius 1 is 1.75 bits per heavy atom. The molecule has 48 valence electrons. The fourth-order valence-electron chi connectivity index (χ4n) is 1.05. The summed E-state index contributed by atoms with van der Waals surface area (Å²) in [4.78, 5) is 0. The smallest absolute Gasteiger partial charge is 0.0263 e. The maximum absolute atomic E-state index is 10.7. The molecule has 1 fully saturated rings. The molecule has 1 saturated heterocycles. The Bertz CT molecular complexity index is 101. The normalized spacial score (nSPS) is 38.1. The van der Waals surface area contributed by atoms with Crippen LogP contribution in [0.5, 0.6) is 0 Å². The minimum atomic E-state index is -0.453. The first-order valence-electron chi connectivity index (χ1n) is 3.18. The summed E-state index contributed by atoms with van der Waals surface area (Å²) in [6.45, 7) is 2.17. The van der Waals surface area contributed by atoms with Crippen molar-refractivity contribution in [3.8, 4) is 0 Å². The van der Waals surface area contributed by atoms with E-state index in [4.69, 9.17) is 0 Å². The van der Waals surface area contributed by atoms with Crippen LogP contribution in [-0.4, -0.2) is 15.7 Å². The van der Waals surface area contributed by atoms with E-state index in [9.17, 15) is 4.21 Å². The van der Waals surface area contributed by atoms with Gasteiger partial charge in [0.15, 0.2) is 0 Å². The highest BCUT2D eigenvalue weighted by atomic mass is 32.2. The zero-order valence-corrected chi connectivity index (χ0v) is 6.04. The molecule has 1 nitrogen and oxygen atoms in total. The lowest BCUT2D eigenvalue weighted by Gasteiger charge is -1.98. The van der Waals surface area contributed by atoms with Crippen LogP contribution in [0.1, 0.15) is 19.8 Å². The standard InChI is InChI=1S/C6H12OS/c1-2-6-3-4-8(7)5-6/h6H,2-5H2,1H3. The average Bonchev–Trinajstić information content (AvgIpc) is 2.14. The molecule has 0 aliphatic carbocycles. The molecule has 1 aliphatic rings. The summed E-state index contributed by atoms with van der Waals surface area (Å²) in [5.74, 6) is 2.70. The zero-order chi connectivity index (χ0) is 5.98. The van der Waals surface area contributed by atoms with Crippen LogP contribution in [0.2, 0.25) is 0 Å². The van der Waals surface area contributed by atoms with Crippen LogP contribution in [0.25, 0.3) is 0 Å². The van der Waals surface area contributed by atoms with Gasteiger partial charge < -0.3 is 0 Å². The third-order valence-electron chi connectivity index (χ3n) is 1.75. The Hall–Kier alpha value is 0.150. The molecule has 0 aromatic rings. The fourth-order valence-corrected chi connectivity index (χ4v) is 2.74. The summed E-state index contributed by atoms with van der Waals surface area (Å²) in [6, 6.07) is 0. The van der Waals surface area contributed by atoms with E-state index in [1.807, 2.05) is 0 Å². The van der Waals surface area contributed by atoms with E-state index in [-0.39, 0.29) is 0 Å². The van der Waals surface area contributed by atoms with Crippen LogP contribution >= 0.6 is 0 Å². The SMILES string of the molecule is CCC1CCS(=O)C1. The molecule has 0 N–H and O–H groups in total. The van der Waals surface area contributed by atoms with Crippen molar-refractivity contribution in [1.29, 1.82) is 0 Å². The largest absolute Gasteiger partial charge is 0.260 e. The lowest BCUT2D eigenvalue weighted by Crippen LogP contribution is -1.96. The molecule has 2 unspecified atom stereocenters. The van der Waals surface area contributed by atoms with Gasteiger partial charge in [-0.1, -0.05) is 13.3 Å². The highest BCUT2D eigenvalue weighted by molar-refractivity contribution is 7.85. The molecule has 0 radical (unpaired) electrons. The van der Waals surface area contributed by atoms with Crippen LogP contribution in [0, 0.1) is 5.92 Å². The Morgan fingerprint density at radius 2 is 2.50 bits per heavy atom. The van der Waals surface area contributed by atoms with E-state index in [0.29, 0.717) is 0 Å². The fraction of sp³-hybridized carbons (Fsp3) is 1.00. The monoisotopic (exact) mass is 132 g/mol. The topological polar surface area (TPSA) is 17.1 Å². The molecule has 1 aliphatic heterocycles. The summed E-state index contributed by atoms with van der Waals surface area (Å²) < 4.78 is 10.7. The predicted octanol–water partition coefficient (Wildman–Crippen LogP) is 1.17. The van der Waals surface area contributed by atoms with Crippen molar-refractivity contribution in [2.24, 2.45) is 5.92 Å². The first-order valence-corrected chi connectivity index (χ1v) is 4.66. The molecule has 0 aromatic heterocycles. The highest BCUT2D eigenvalue weighted by Gasteiger charge is 2.18. The molecule has 0 bridgehead atoms. The van der Waals surface area contributed by atoms with Crippen LogP contribution in [0.3, 0.4) is 0 Å². The second kappa shape index (κ2) is 2.62. The molecule has 0 aromatic carbocycles. The number of rotatable bonds is 1. The number of hydrogen-bond acceptors (Lipinski definition) is 1. The van der Waals surface area contributed by atoms with E-state index in [2.05, 4.69) is 6.92 Å². The molecular weight excluding hydrogens is 120 g/mol. The summed E-state index contributed by atoms with van der Waals surface area (Å²) >= 11 is 0. The van der Waals surface area contributed by atoms with Gasteiger partial charge in [-0.05, 0) is 12.3 Å². The lowest BCUT2D eigenvalue weighted by atomic mass is 10.1. The Labute approximate surface area is 52.9 Å². The first kappa shape index (κ1) is 6.27. The molecular formula is C6H12OS. The van der Waals surface area contributed by atoms with Crippen molar-refractivity contribution in [2.45, 2.75) is 19.8 Å². The van der Waals surface area contributed by atoms with E-state index in [1.54, 1.807) is 0 Å². The van der Waals surface area contributed by atoms with E-state index in [1.165, 1.54) is 12.8 Å². The van der Waals surface area contributed by atoms with Gasteiger partial charge in [-0.25, -0.2) is 0 Å². The first-order chi connectivity index (χ1) is 3.83. The minimum absolute atomic E-state index is 0.453. The van der Waals surface area contributed by atoms with Crippen LogP contribution in [0.15, 0.2) is 0 Å².